The van der Waals surface area contributed by atoms with Gasteiger partial charge in [-0.05, 0) is 24.4 Å². The number of aliphatic hydroxyl groups is 1. The van der Waals surface area contributed by atoms with E-state index in [1.807, 2.05) is 11.4 Å². The second kappa shape index (κ2) is 6.47. The molecule has 0 radical (unpaired) electrons. The highest BCUT2D eigenvalue weighted by molar-refractivity contribution is 7.10. The molecular formula is C14H14N2O4S. The normalized spacial score (nSPS) is 11.9. The van der Waals surface area contributed by atoms with Crippen LogP contribution >= 0.6 is 11.3 Å². The van der Waals surface area contributed by atoms with E-state index >= 15 is 0 Å². The maximum absolute atomic E-state index is 12.1. The number of nitrogens with zero attached hydrogens (tertiary/aromatic N) is 1. The molecule has 2 aromatic rings. The van der Waals surface area contributed by atoms with E-state index in [1.165, 1.54) is 36.5 Å². The molecule has 1 aromatic heterocycles. The fourth-order valence-corrected chi connectivity index (χ4v) is 2.65. The van der Waals surface area contributed by atoms with Gasteiger partial charge < -0.3 is 10.4 Å². The van der Waals surface area contributed by atoms with Crippen LogP contribution < -0.4 is 5.32 Å². The number of nitro groups is 1. The molecule has 1 atom stereocenters. The third kappa shape index (κ3) is 3.45. The van der Waals surface area contributed by atoms with Crippen LogP contribution in [0, 0.1) is 17.0 Å². The minimum atomic E-state index is -0.784. The molecular weight excluding hydrogens is 292 g/mol. The molecule has 1 aromatic carbocycles. The second-order valence-electron chi connectivity index (χ2n) is 4.45. The SMILES string of the molecule is Cc1c(C(=O)NCC(O)c2cccs2)cccc1[N+](=O)[O-]. The minimum Gasteiger partial charge on any atom is -0.386 e. The molecule has 0 aliphatic carbocycles. The molecule has 1 heterocycles. The minimum absolute atomic E-state index is 0.0570. The third-order valence-electron chi connectivity index (χ3n) is 3.07. The molecule has 0 spiro atoms. The molecule has 2 rings (SSSR count). The highest BCUT2D eigenvalue weighted by atomic mass is 32.1. The maximum atomic E-state index is 12.1. The van der Waals surface area contributed by atoms with Crippen LogP contribution in [0.2, 0.25) is 0 Å². The predicted molar refractivity (Wildman–Crippen MR) is 79.4 cm³/mol. The van der Waals surface area contributed by atoms with Gasteiger partial charge in [-0.25, -0.2) is 0 Å². The first kappa shape index (κ1) is 15.1. The number of benzene rings is 1. The van der Waals surface area contributed by atoms with Crippen molar-refractivity contribution in [2.24, 2.45) is 0 Å². The van der Waals surface area contributed by atoms with Crippen LogP contribution in [0.15, 0.2) is 35.7 Å². The lowest BCUT2D eigenvalue weighted by Gasteiger charge is -2.11. The zero-order chi connectivity index (χ0) is 15.4. The first-order valence-electron chi connectivity index (χ1n) is 6.24. The van der Waals surface area contributed by atoms with Gasteiger partial charge in [0.2, 0.25) is 0 Å². The summed E-state index contributed by atoms with van der Waals surface area (Å²) >= 11 is 1.40. The van der Waals surface area contributed by atoms with Crippen LogP contribution in [0.5, 0.6) is 0 Å². The zero-order valence-electron chi connectivity index (χ0n) is 11.3. The van der Waals surface area contributed by atoms with E-state index in [9.17, 15) is 20.0 Å². The largest absolute Gasteiger partial charge is 0.386 e. The summed E-state index contributed by atoms with van der Waals surface area (Å²) in [5, 5.41) is 25.2. The van der Waals surface area contributed by atoms with Crippen molar-refractivity contribution in [3.8, 4) is 0 Å². The Labute approximate surface area is 125 Å². The van der Waals surface area contributed by atoms with E-state index in [2.05, 4.69) is 5.32 Å². The van der Waals surface area contributed by atoms with Crippen molar-refractivity contribution < 1.29 is 14.8 Å². The lowest BCUT2D eigenvalue weighted by Crippen LogP contribution is -2.28. The highest BCUT2D eigenvalue weighted by Gasteiger charge is 2.18. The van der Waals surface area contributed by atoms with Crippen molar-refractivity contribution in [2.75, 3.05) is 6.54 Å². The smallest absolute Gasteiger partial charge is 0.273 e. The van der Waals surface area contributed by atoms with Gasteiger partial charge in [0.25, 0.3) is 11.6 Å². The van der Waals surface area contributed by atoms with Gasteiger partial charge in [-0.1, -0.05) is 12.1 Å². The number of rotatable bonds is 5. The molecule has 1 amide bonds. The zero-order valence-corrected chi connectivity index (χ0v) is 12.1. The summed E-state index contributed by atoms with van der Waals surface area (Å²) in [6.45, 7) is 1.59. The Kier molecular flexibility index (Phi) is 4.66. The number of carbonyl (C=O) groups is 1. The van der Waals surface area contributed by atoms with Gasteiger partial charge >= 0.3 is 0 Å². The quantitative estimate of drug-likeness (QED) is 0.655. The number of hydrogen-bond acceptors (Lipinski definition) is 5. The predicted octanol–water partition coefficient (Wildman–Crippen LogP) is 2.43. The Balaban J connectivity index is 2.07. The maximum Gasteiger partial charge on any atom is 0.273 e. The van der Waals surface area contributed by atoms with Crippen LogP contribution in [-0.2, 0) is 0 Å². The topological polar surface area (TPSA) is 92.5 Å². The molecule has 1 unspecified atom stereocenters. The van der Waals surface area contributed by atoms with Gasteiger partial charge in [0.1, 0.15) is 6.10 Å². The van der Waals surface area contributed by atoms with Gasteiger partial charge in [-0.3, -0.25) is 14.9 Å². The summed E-state index contributed by atoms with van der Waals surface area (Å²) < 4.78 is 0. The van der Waals surface area contributed by atoms with E-state index in [0.717, 1.165) is 4.88 Å². The molecule has 0 aliphatic heterocycles. The van der Waals surface area contributed by atoms with Crippen molar-refractivity contribution in [3.63, 3.8) is 0 Å². The summed E-state index contributed by atoms with van der Waals surface area (Å²) in [6, 6.07) is 7.94. The summed E-state index contributed by atoms with van der Waals surface area (Å²) in [5.41, 5.74) is 0.453. The highest BCUT2D eigenvalue weighted by Crippen LogP contribution is 2.21. The van der Waals surface area contributed by atoms with E-state index in [0.29, 0.717) is 5.56 Å². The molecule has 110 valence electrons. The number of thiophene rings is 1. The van der Waals surface area contributed by atoms with Crippen LogP contribution in [0.1, 0.15) is 26.9 Å². The van der Waals surface area contributed by atoms with Crippen molar-refractivity contribution in [1.82, 2.24) is 5.32 Å². The average molecular weight is 306 g/mol. The number of amides is 1. The van der Waals surface area contributed by atoms with Crippen LogP contribution in [0.4, 0.5) is 5.69 Å². The molecule has 0 saturated carbocycles. The number of carbonyl (C=O) groups excluding carboxylic acids is 1. The molecule has 2 N–H and O–H groups in total. The average Bonchev–Trinajstić information content (AvgIpc) is 2.98. The van der Waals surface area contributed by atoms with Gasteiger partial charge in [-0.2, -0.15) is 0 Å². The number of hydrogen-bond donors (Lipinski definition) is 2. The van der Waals surface area contributed by atoms with Crippen molar-refractivity contribution >= 4 is 22.9 Å². The Morgan fingerprint density at radius 3 is 2.81 bits per heavy atom. The fourth-order valence-electron chi connectivity index (χ4n) is 1.93. The molecule has 6 nitrogen and oxygen atoms in total. The first-order valence-corrected chi connectivity index (χ1v) is 7.12. The lowest BCUT2D eigenvalue weighted by atomic mass is 10.1. The van der Waals surface area contributed by atoms with Crippen LogP contribution in [0.25, 0.3) is 0 Å². The Hall–Kier alpha value is -2.25. The fraction of sp³-hybridized carbons (Fsp3) is 0.214. The van der Waals surface area contributed by atoms with Crippen LogP contribution in [0.3, 0.4) is 0 Å². The molecule has 0 fully saturated rings. The summed E-state index contributed by atoms with van der Waals surface area (Å²) in [5.74, 6) is -0.438. The summed E-state index contributed by atoms with van der Waals surface area (Å²) in [4.78, 5) is 23.2. The molecule has 0 saturated heterocycles. The van der Waals surface area contributed by atoms with Gasteiger partial charge in [0, 0.05) is 28.6 Å². The van der Waals surface area contributed by atoms with Crippen LogP contribution in [-0.4, -0.2) is 22.5 Å². The first-order chi connectivity index (χ1) is 10.0. The second-order valence-corrected chi connectivity index (χ2v) is 5.43. The number of aliphatic hydroxyl groups excluding tert-OH is 1. The molecule has 7 heteroatoms. The lowest BCUT2D eigenvalue weighted by molar-refractivity contribution is -0.385. The Bertz CT molecular complexity index is 655. The summed E-state index contributed by atoms with van der Waals surface area (Å²) in [6.07, 6.45) is -0.784. The van der Waals surface area contributed by atoms with Crippen molar-refractivity contribution in [1.29, 1.82) is 0 Å². The Morgan fingerprint density at radius 1 is 1.43 bits per heavy atom. The number of nitro benzene ring substituents is 1. The Morgan fingerprint density at radius 2 is 2.19 bits per heavy atom. The number of nitrogens with one attached hydrogen (secondary N) is 1. The van der Waals surface area contributed by atoms with E-state index in [-0.39, 0.29) is 17.8 Å². The van der Waals surface area contributed by atoms with E-state index in [1.54, 1.807) is 6.07 Å². The standard InChI is InChI=1S/C14H14N2O4S/c1-9-10(4-2-5-11(9)16(19)20)14(18)15-8-12(17)13-6-3-7-21-13/h2-7,12,17H,8H2,1H3,(H,15,18). The monoisotopic (exact) mass is 306 g/mol. The van der Waals surface area contributed by atoms with Crippen molar-refractivity contribution in [3.05, 3.63) is 61.8 Å². The molecule has 0 bridgehead atoms. The van der Waals surface area contributed by atoms with E-state index < -0.39 is 16.9 Å². The molecule has 21 heavy (non-hydrogen) atoms. The van der Waals surface area contributed by atoms with Gasteiger partial charge in [0.15, 0.2) is 0 Å². The summed E-state index contributed by atoms with van der Waals surface area (Å²) in [7, 11) is 0. The van der Waals surface area contributed by atoms with E-state index in [4.69, 9.17) is 0 Å². The third-order valence-corrected chi connectivity index (χ3v) is 4.05. The van der Waals surface area contributed by atoms with Crippen molar-refractivity contribution in [2.45, 2.75) is 13.0 Å². The van der Waals surface area contributed by atoms with Gasteiger partial charge in [0.05, 0.1) is 4.92 Å². The van der Waals surface area contributed by atoms with Gasteiger partial charge in [-0.15, -0.1) is 11.3 Å². The molecule has 0 aliphatic rings.